The summed E-state index contributed by atoms with van der Waals surface area (Å²) in [6.45, 7) is 3.72. The van der Waals surface area contributed by atoms with Crippen LogP contribution in [0.25, 0.3) is 0 Å². The van der Waals surface area contributed by atoms with E-state index in [1.165, 1.54) is 11.6 Å². The SMILES string of the molecule is Cc1c[c]c(Oc2ccc([N+](=O)[O-])c(C)c2)c(Cc2ccccc2)c1. The predicted octanol–water partition coefficient (Wildman–Crippen LogP) is 5.39. The number of hydrogen-bond donors (Lipinski definition) is 0. The third-order valence-corrected chi connectivity index (χ3v) is 3.95. The van der Waals surface area contributed by atoms with Gasteiger partial charge in [-0.15, -0.1) is 0 Å². The topological polar surface area (TPSA) is 52.4 Å². The molecule has 0 aromatic heterocycles. The molecule has 0 aliphatic rings. The zero-order valence-corrected chi connectivity index (χ0v) is 14.2. The summed E-state index contributed by atoms with van der Waals surface area (Å²) in [5.74, 6) is 1.21. The van der Waals surface area contributed by atoms with Gasteiger partial charge >= 0.3 is 0 Å². The lowest BCUT2D eigenvalue weighted by atomic mass is 10.0. The molecule has 0 unspecified atom stereocenters. The molecular weight excluding hydrogens is 314 g/mol. The molecule has 0 aliphatic heterocycles. The number of nitrogens with zero attached hydrogens (tertiary/aromatic N) is 1. The van der Waals surface area contributed by atoms with Crippen LogP contribution in [0.3, 0.4) is 0 Å². The van der Waals surface area contributed by atoms with Gasteiger partial charge in [0.1, 0.15) is 11.5 Å². The van der Waals surface area contributed by atoms with Gasteiger partial charge in [-0.2, -0.15) is 0 Å². The van der Waals surface area contributed by atoms with Crippen molar-refractivity contribution in [3.63, 3.8) is 0 Å². The Bertz CT molecular complexity index is 904. The third kappa shape index (κ3) is 4.04. The molecule has 4 heteroatoms. The van der Waals surface area contributed by atoms with Crippen molar-refractivity contribution in [1.82, 2.24) is 0 Å². The monoisotopic (exact) mass is 332 g/mol. The molecule has 25 heavy (non-hydrogen) atoms. The molecule has 3 rings (SSSR count). The highest BCUT2D eigenvalue weighted by Crippen LogP contribution is 2.30. The van der Waals surface area contributed by atoms with Crippen LogP contribution in [-0.2, 0) is 6.42 Å². The van der Waals surface area contributed by atoms with E-state index < -0.39 is 4.92 Å². The van der Waals surface area contributed by atoms with E-state index in [1.54, 1.807) is 19.1 Å². The van der Waals surface area contributed by atoms with Gasteiger partial charge < -0.3 is 4.74 Å². The Hall–Kier alpha value is -3.14. The molecule has 0 amide bonds. The molecule has 125 valence electrons. The third-order valence-electron chi connectivity index (χ3n) is 3.95. The van der Waals surface area contributed by atoms with E-state index in [2.05, 4.69) is 24.3 Å². The number of ether oxygens (including phenoxy) is 1. The maximum absolute atomic E-state index is 10.9. The highest BCUT2D eigenvalue weighted by molar-refractivity contribution is 5.47. The minimum atomic E-state index is -0.391. The van der Waals surface area contributed by atoms with Crippen LogP contribution >= 0.6 is 0 Å². The summed E-state index contributed by atoms with van der Waals surface area (Å²) in [6, 6.07) is 22.0. The first kappa shape index (κ1) is 16.7. The Kier molecular flexibility index (Phi) is 4.80. The van der Waals surface area contributed by atoms with Gasteiger partial charge in [-0.1, -0.05) is 36.4 Å². The van der Waals surface area contributed by atoms with Crippen LogP contribution in [0.4, 0.5) is 5.69 Å². The molecular formula is C21H18NO3. The van der Waals surface area contributed by atoms with E-state index in [9.17, 15) is 10.1 Å². The van der Waals surface area contributed by atoms with Crippen molar-refractivity contribution in [1.29, 1.82) is 0 Å². The summed E-state index contributed by atoms with van der Waals surface area (Å²) in [6.07, 6.45) is 0.736. The minimum absolute atomic E-state index is 0.0877. The van der Waals surface area contributed by atoms with Crippen LogP contribution in [0.15, 0.2) is 60.7 Å². The average molecular weight is 332 g/mol. The maximum Gasteiger partial charge on any atom is 0.272 e. The summed E-state index contributed by atoms with van der Waals surface area (Å²) >= 11 is 0. The van der Waals surface area contributed by atoms with E-state index in [4.69, 9.17) is 4.74 Å². The van der Waals surface area contributed by atoms with E-state index >= 15 is 0 Å². The zero-order valence-electron chi connectivity index (χ0n) is 14.2. The van der Waals surface area contributed by atoms with Crippen molar-refractivity contribution in [2.24, 2.45) is 0 Å². The van der Waals surface area contributed by atoms with Gasteiger partial charge in [-0.25, -0.2) is 0 Å². The van der Waals surface area contributed by atoms with E-state index in [0.717, 1.165) is 17.5 Å². The molecule has 4 nitrogen and oxygen atoms in total. The molecule has 0 fully saturated rings. The molecule has 3 aromatic carbocycles. The molecule has 0 saturated heterocycles. The Morgan fingerprint density at radius 1 is 1.08 bits per heavy atom. The number of benzene rings is 3. The normalized spacial score (nSPS) is 10.5. The Labute approximate surface area is 146 Å². The van der Waals surface area contributed by atoms with Gasteiger partial charge in [0.15, 0.2) is 0 Å². The van der Waals surface area contributed by atoms with Crippen molar-refractivity contribution in [3.05, 3.63) is 99.1 Å². The van der Waals surface area contributed by atoms with Gasteiger partial charge in [0.05, 0.1) is 4.92 Å². The van der Waals surface area contributed by atoms with Crippen LogP contribution in [0.5, 0.6) is 11.5 Å². The van der Waals surface area contributed by atoms with Crippen molar-refractivity contribution >= 4 is 5.69 Å². The fraction of sp³-hybridized carbons (Fsp3) is 0.143. The van der Waals surface area contributed by atoms with Crippen LogP contribution in [0.1, 0.15) is 22.3 Å². The van der Waals surface area contributed by atoms with Gasteiger partial charge in [-0.3, -0.25) is 10.1 Å². The molecule has 0 heterocycles. The predicted molar refractivity (Wildman–Crippen MR) is 97.2 cm³/mol. The van der Waals surface area contributed by atoms with Crippen LogP contribution in [0, 0.1) is 30.0 Å². The van der Waals surface area contributed by atoms with Gasteiger partial charge in [0.25, 0.3) is 5.69 Å². The largest absolute Gasteiger partial charge is 0.456 e. The smallest absolute Gasteiger partial charge is 0.272 e. The first-order chi connectivity index (χ1) is 12.0. The van der Waals surface area contributed by atoms with E-state index in [0.29, 0.717) is 17.1 Å². The first-order valence-electron chi connectivity index (χ1n) is 8.01. The fourth-order valence-corrected chi connectivity index (χ4v) is 2.71. The summed E-state index contributed by atoms with van der Waals surface area (Å²) in [5, 5.41) is 10.9. The lowest BCUT2D eigenvalue weighted by molar-refractivity contribution is -0.385. The molecule has 0 spiro atoms. The Balaban J connectivity index is 1.90. The number of nitro groups is 1. The highest BCUT2D eigenvalue weighted by Gasteiger charge is 2.12. The highest BCUT2D eigenvalue weighted by atomic mass is 16.6. The Morgan fingerprint density at radius 2 is 1.84 bits per heavy atom. The van der Waals surface area contributed by atoms with E-state index in [-0.39, 0.29) is 5.69 Å². The first-order valence-corrected chi connectivity index (χ1v) is 8.01. The van der Waals surface area contributed by atoms with Gasteiger partial charge in [0.2, 0.25) is 0 Å². The fourth-order valence-electron chi connectivity index (χ4n) is 2.71. The lowest BCUT2D eigenvalue weighted by Crippen LogP contribution is -1.96. The summed E-state index contributed by atoms with van der Waals surface area (Å²) in [4.78, 5) is 10.6. The summed E-state index contributed by atoms with van der Waals surface area (Å²) in [7, 11) is 0. The molecule has 0 bridgehead atoms. The van der Waals surface area contributed by atoms with Gasteiger partial charge in [0, 0.05) is 29.7 Å². The average Bonchev–Trinajstić information content (AvgIpc) is 2.58. The maximum atomic E-state index is 10.9. The second-order valence-electron chi connectivity index (χ2n) is 6.00. The van der Waals surface area contributed by atoms with Crippen molar-refractivity contribution in [3.8, 4) is 11.5 Å². The van der Waals surface area contributed by atoms with Crippen molar-refractivity contribution < 1.29 is 9.66 Å². The lowest BCUT2D eigenvalue weighted by Gasteiger charge is -2.12. The molecule has 0 saturated carbocycles. The van der Waals surface area contributed by atoms with Crippen LogP contribution < -0.4 is 4.74 Å². The standard InChI is InChI=1S/C21H18NO3/c1-15-8-11-21(18(12-15)14-17-6-4-3-5-7-17)25-19-9-10-20(22(23)24)16(2)13-19/h3-10,12-13H,14H2,1-2H3. The second-order valence-corrected chi connectivity index (χ2v) is 6.00. The number of rotatable bonds is 5. The number of nitro benzene ring substituents is 1. The Morgan fingerprint density at radius 3 is 2.52 bits per heavy atom. The van der Waals surface area contributed by atoms with Crippen molar-refractivity contribution in [2.45, 2.75) is 20.3 Å². The van der Waals surface area contributed by atoms with E-state index in [1.807, 2.05) is 31.2 Å². The molecule has 3 aromatic rings. The summed E-state index contributed by atoms with van der Waals surface area (Å²) < 4.78 is 5.97. The van der Waals surface area contributed by atoms with Crippen LogP contribution in [-0.4, -0.2) is 4.92 Å². The molecule has 0 atom stereocenters. The quantitative estimate of drug-likeness (QED) is 0.464. The number of hydrogen-bond acceptors (Lipinski definition) is 3. The van der Waals surface area contributed by atoms with Gasteiger partial charge in [-0.05, 0) is 43.2 Å². The summed E-state index contributed by atoms with van der Waals surface area (Å²) in [5.41, 5.74) is 3.98. The van der Waals surface area contributed by atoms with Crippen LogP contribution in [0.2, 0.25) is 0 Å². The second kappa shape index (κ2) is 7.18. The number of aryl methyl sites for hydroxylation is 2. The molecule has 0 N–H and O–H groups in total. The van der Waals surface area contributed by atoms with Crippen molar-refractivity contribution in [2.75, 3.05) is 0 Å². The molecule has 1 radical (unpaired) electrons. The zero-order chi connectivity index (χ0) is 17.8. The minimum Gasteiger partial charge on any atom is -0.456 e. The molecule has 0 aliphatic carbocycles.